The molecule has 1 saturated heterocycles. The molecule has 0 bridgehead atoms. The number of carbonyl (C=O) groups excluding carboxylic acids is 1. The molecule has 4 rings (SSSR count). The van der Waals surface area contributed by atoms with Crippen molar-refractivity contribution in [3.05, 3.63) is 35.1 Å². The molecule has 0 saturated carbocycles. The molecular formula is C17H21ClN2O2. The summed E-state index contributed by atoms with van der Waals surface area (Å²) in [6.45, 7) is 3.41. The van der Waals surface area contributed by atoms with Crippen LogP contribution in [0.4, 0.5) is 0 Å². The largest absolute Gasteiger partial charge is 0.464 e. The molecule has 2 heterocycles. The van der Waals surface area contributed by atoms with Crippen molar-refractivity contribution in [3.8, 4) is 0 Å². The Bertz CT molecular complexity index is 689. The number of carbonyl (C=O) groups is 1. The zero-order valence-corrected chi connectivity index (χ0v) is 13.4. The van der Waals surface area contributed by atoms with E-state index in [1.54, 1.807) is 6.26 Å². The predicted molar refractivity (Wildman–Crippen MR) is 88.6 cm³/mol. The number of nitrogens with zero attached hydrogens (tertiary/aromatic N) is 1. The van der Waals surface area contributed by atoms with E-state index in [-0.39, 0.29) is 18.3 Å². The predicted octanol–water partition coefficient (Wildman–Crippen LogP) is 2.32. The van der Waals surface area contributed by atoms with Gasteiger partial charge in [0.1, 0.15) is 5.58 Å². The third-order valence-corrected chi connectivity index (χ3v) is 4.68. The normalized spacial score (nSPS) is 17.4. The number of amides is 1. The van der Waals surface area contributed by atoms with Crippen LogP contribution in [-0.4, -0.2) is 37.0 Å². The van der Waals surface area contributed by atoms with Gasteiger partial charge < -0.3 is 14.6 Å². The monoisotopic (exact) mass is 320 g/mol. The summed E-state index contributed by atoms with van der Waals surface area (Å²) in [6, 6.07) is 4.40. The van der Waals surface area contributed by atoms with Gasteiger partial charge in [0.15, 0.2) is 0 Å². The SMILES string of the molecule is Cl.O=C(Cc1coc2cc3c(cc12)CCC3)N1CCNCC1. The van der Waals surface area contributed by atoms with Gasteiger partial charge in [0, 0.05) is 37.1 Å². The van der Waals surface area contributed by atoms with Crippen molar-refractivity contribution in [2.45, 2.75) is 25.7 Å². The van der Waals surface area contributed by atoms with Crippen LogP contribution in [0.25, 0.3) is 11.0 Å². The van der Waals surface area contributed by atoms with Crippen LogP contribution in [0, 0.1) is 0 Å². The van der Waals surface area contributed by atoms with E-state index >= 15 is 0 Å². The first-order valence-corrected chi connectivity index (χ1v) is 7.81. The number of fused-ring (bicyclic) bond motifs is 2. The van der Waals surface area contributed by atoms with Crippen molar-refractivity contribution in [3.63, 3.8) is 0 Å². The van der Waals surface area contributed by atoms with Gasteiger partial charge >= 0.3 is 0 Å². The minimum atomic E-state index is 0. The van der Waals surface area contributed by atoms with Gasteiger partial charge in [-0.15, -0.1) is 12.4 Å². The van der Waals surface area contributed by atoms with Crippen molar-refractivity contribution >= 4 is 29.3 Å². The Hall–Kier alpha value is -1.52. The average Bonchev–Trinajstić information content (AvgIpc) is 3.13. The molecule has 2 aromatic rings. The molecule has 1 aromatic heterocycles. The van der Waals surface area contributed by atoms with E-state index in [9.17, 15) is 4.79 Å². The van der Waals surface area contributed by atoms with Crippen LogP contribution in [0.2, 0.25) is 0 Å². The Morgan fingerprint density at radius 2 is 1.91 bits per heavy atom. The zero-order chi connectivity index (χ0) is 14.2. The smallest absolute Gasteiger partial charge is 0.227 e. The highest BCUT2D eigenvalue weighted by atomic mass is 35.5. The Kier molecular flexibility index (Phi) is 4.41. The highest BCUT2D eigenvalue weighted by Crippen LogP contribution is 2.30. The summed E-state index contributed by atoms with van der Waals surface area (Å²) in [5, 5.41) is 4.40. The summed E-state index contributed by atoms with van der Waals surface area (Å²) in [5.41, 5.74) is 4.80. The summed E-state index contributed by atoms with van der Waals surface area (Å²) in [6.07, 6.45) is 5.76. The van der Waals surface area contributed by atoms with Crippen LogP contribution in [-0.2, 0) is 24.1 Å². The fourth-order valence-corrected chi connectivity index (χ4v) is 3.47. The first-order valence-electron chi connectivity index (χ1n) is 7.81. The van der Waals surface area contributed by atoms with Crippen molar-refractivity contribution < 1.29 is 9.21 Å². The Labute approximate surface area is 136 Å². The van der Waals surface area contributed by atoms with Gasteiger partial charge in [-0.25, -0.2) is 0 Å². The Balaban J connectivity index is 0.00000144. The fraction of sp³-hybridized carbons (Fsp3) is 0.471. The van der Waals surface area contributed by atoms with E-state index in [0.717, 1.165) is 55.6 Å². The number of hydrogen-bond acceptors (Lipinski definition) is 3. The molecule has 1 aliphatic carbocycles. The molecule has 0 atom stereocenters. The zero-order valence-electron chi connectivity index (χ0n) is 12.6. The number of piperazine rings is 1. The second kappa shape index (κ2) is 6.31. The van der Waals surface area contributed by atoms with Crippen LogP contribution in [0.3, 0.4) is 0 Å². The van der Waals surface area contributed by atoms with Crippen LogP contribution in [0.15, 0.2) is 22.8 Å². The van der Waals surface area contributed by atoms with E-state index < -0.39 is 0 Å². The third kappa shape index (κ3) is 2.73. The molecule has 1 fully saturated rings. The van der Waals surface area contributed by atoms with E-state index in [0.29, 0.717) is 6.42 Å². The summed E-state index contributed by atoms with van der Waals surface area (Å²) < 4.78 is 5.68. The van der Waals surface area contributed by atoms with Gasteiger partial charge in [0.25, 0.3) is 0 Å². The summed E-state index contributed by atoms with van der Waals surface area (Å²) in [7, 11) is 0. The highest BCUT2D eigenvalue weighted by molar-refractivity contribution is 5.88. The maximum absolute atomic E-state index is 12.4. The second-order valence-electron chi connectivity index (χ2n) is 6.04. The molecule has 118 valence electrons. The molecule has 1 aliphatic heterocycles. The lowest BCUT2D eigenvalue weighted by Crippen LogP contribution is -2.46. The Morgan fingerprint density at radius 3 is 2.68 bits per heavy atom. The first kappa shape index (κ1) is 15.4. The maximum atomic E-state index is 12.4. The molecule has 2 aliphatic rings. The van der Waals surface area contributed by atoms with E-state index in [4.69, 9.17) is 4.42 Å². The molecule has 5 heteroatoms. The molecule has 0 spiro atoms. The molecule has 1 amide bonds. The minimum absolute atomic E-state index is 0. The van der Waals surface area contributed by atoms with Gasteiger partial charge in [-0.05, 0) is 42.5 Å². The fourth-order valence-electron chi connectivity index (χ4n) is 3.47. The van der Waals surface area contributed by atoms with E-state index in [2.05, 4.69) is 17.4 Å². The molecule has 4 nitrogen and oxygen atoms in total. The lowest BCUT2D eigenvalue weighted by molar-refractivity contribution is -0.131. The van der Waals surface area contributed by atoms with Gasteiger partial charge in [0.2, 0.25) is 5.91 Å². The van der Waals surface area contributed by atoms with Crippen molar-refractivity contribution in [1.29, 1.82) is 0 Å². The van der Waals surface area contributed by atoms with Gasteiger partial charge in [-0.1, -0.05) is 0 Å². The third-order valence-electron chi connectivity index (χ3n) is 4.68. The van der Waals surface area contributed by atoms with Gasteiger partial charge in [-0.2, -0.15) is 0 Å². The van der Waals surface area contributed by atoms with Crippen molar-refractivity contribution in [2.75, 3.05) is 26.2 Å². The minimum Gasteiger partial charge on any atom is -0.464 e. The van der Waals surface area contributed by atoms with E-state index in [1.807, 2.05) is 4.90 Å². The number of rotatable bonds is 2. The lowest BCUT2D eigenvalue weighted by atomic mass is 10.0. The van der Waals surface area contributed by atoms with Gasteiger partial charge in [0.05, 0.1) is 12.7 Å². The number of furan rings is 1. The summed E-state index contributed by atoms with van der Waals surface area (Å²) in [5.74, 6) is 0.208. The second-order valence-corrected chi connectivity index (χ2v) is 6.04. The maximum Gasteiger partial charge on any atom is 0.227 e. The van der Waals surface area contributed by atoms with Crippen LogP contribution in [0.5, 0.6) is 0 Å². The summed E-state index contributed by atoms with van der Waals surface area (Å²) >= 11 is 0. The average molecular weight is 321 g/mol. The molecule has 0 unspecified atom stereocenters. The Morgan fingerprint density at radius 1 is 1.18 bits per heavy atom. The summed E-state index contributed by atoms with van der Waals surface area (Å²) in [4.78, 5) is 14.3. The highest BCUT2D eigenvalue weighted by Gasteiger charge is 2.20. The number of halogens is 1. The van der Waals surface area contributed by atoms with Crippen LogP contribution < -0.4 is 5.32 Å². The number of nitrogens with one attached hydrogen (secondary N) is 1. The molecule has 1 N–H and O–H groups in total. The van der Waals surface area contributed by atoms with E-state index in [1.165, 1.54) is 17.5 Å². The number of hydrogen-bond donors (Lipinski definition) is 1. The standard InChI is InChI=1S/C17H20N2O2.ClH/c20-17(19-6-4-18-5-7-19)10-14-11-21-16-9-13-3-1-2-12(13)8-15(14)16;/h8-9,11,18H,1-7,10H2;1H. The molecular weight excluding hydrogens is 300 g/mol. The van der Waals surface area contributed by atoms with Crippen LogP contribution in [0.1, 0.15) is 23.1 Å². The number of aryl methyl sites for hydroxylation is 2. The quantitative estimate of drug-likeness (QED) is 0.923. The van der Waals surface area contributed by atoms with Gasteiger partial charge in [-0.3, -0.25) is 4.79 Å². The topological polar surface area (TPSA) is 45.5 Å². The molecule has 1 aromatic carbocycles. The molecule has 22 heavy (non-hydrogen) atoms. The molecule has 0 radical (unpaired) electrons. The van der Waals surface area contributed by atoms with Crippen molar-refractivity contribution in [1.82, 2.24) is 10.2 Å². The van der Waals surface area contributed by atoms with Crippen molar-refractivity contribution in [2.24, 2.45) is 0 Å². The van der Waals surface area contributed by atoms with Crippen LogP contribution >= 0.6 is 12.4 Å². The lowest BCUT2D eigenvalue weighted by Gasteiger charge is -2.27. The first-order chi connectivity index (χ1) is 10.3. The number of benzene rings is 1.